The van der Waals surface area contributed by atoms with E-state index in [1.165, 1.54) is 48.6 Å². The summed E-state index contributed by atoms with van der Waals surface area (Å²) in [6.07, 6.45) is 6.35. The summed E-state index contributed by atoms with van der Waals surface area (Å²) in [4.78, 5) is 0. The molecule has 0 spiro atoms. The smallest absolute Gasteiger partial charge is 0.134 e. The molecular formula is C17H23NO. The highest BCUT2D eigenvalue weighted by Crippen LogP contribution is 2.46. The van der Waals surface area contributed by atoms with Gasteiger partial charge in [0.25, 0.3) is 0 Å². The van der Waals surface area contributed by atoms with E-state index in [4.69, 9.17) is 4.42 Å². The lowest BCUT2D eigenvalue weighted by atomic mass is 10.0. The second-order valence-corrected chi connectivity index (χ2v) is 5.68. The summed E-state index contributed by atoms with van der Waals surface area (Å²) in [7, 11) is 1.98. The molecule has 2 aromatic rings. The third-order valence-electron chi connectivity index (χ3n) is 4.01. The average molecular weight is 257 g/mol. The van der Waals surface area contributed by atoms with E-state index in [1.807, 2.05) is 7.05 Å². The molecule has 1 aromatic carbocycles. The number of fused-ring (bicyclic) bond motifs is 1. The highest BCUT2D eigenvalue weighted by atomic mass is 16.3. The van der Waals surface area contributed by atoms with Gasteiger partial charge in [-0.25, -0.2) is 0 Å². The van der Waals surface area contributed by atoms with Crippen molar-refractivity contribution in [2.45, 2.75) is 51.5 Å². The Bertz CT molecular complexity index is 566. The number of benzene rings is 1. The van der Waals surface area contributed by atoms with Crippen LogP contribution in [-0.4, -0.2) is 7.05 Å². The molecule has 0 radical (unpaired) electrons. The van der Waals surface area contributed by atoms with Gasteiger partial charge in [0, 0.05) is 10.9 Å². The van der Waals surface area contributed by atoms with Gasteiger partial charge in [-0.2, -0.15) is 0 Å². The minimum Gasteiger partial charge on any atom is -0.459 e. The Kier molecular flexibility index (Phi) is 3.61. The van der Waals surface area contributed by atoms with Crippen molar-refractivity contribution >= 4 is 11.0 Å². The molecule has 0 bridgehead atoms. The molecule has 0 atom stereocenters. The average Bonchev–Trinajstić information content (AvgIpc) is 3.18. The molecule has 0 amide bonds. The predicted molar refractivity (Wildman–Crippen MR) is 79.6 cm³/mol. The van der Waals surface area contributed by atoms with Crippen molar-refractivity contribution in [1.82, 2.24) is 5.32 Å². The van der Waals surface area contributed by atoms with Gasteiger partial charge in [-0.05, 0) is 56.3 Å². The summed E-state index contributed by atoms with van der Waals surface area (Å²) >= 11 is 0. The SMILES string of the molecule is CCCCc1ccc2oc(CNC)c(C3CC3)c2c1. The maximum absolute atomic E-state index is 6.04. The summed E-state index contributed by atoms with van der Waals surface area (Å²) in [5, 5.41) is 4.59. The van der Waals surface area contributed by atoms with Crippen LogP contribution in [0, 0.1) is 0 Å². The molecule has 1 aromatic heterocycles. The Hall–Kier alpha value is -1.28. The fourth-order valence-corrected chi connectivity index (χ4v) is 2.86. The Morgan fingerprint density at radius 2 is 2.16 bits per heavy atom. The van der Waals surface area contributed by atoms with E-state index in [9.17, 15) is 0 Å². The van der Waals surface area contributed by atoms with Crippen LogP contribution in [0.4, 0.5) is 0 Å². The van der Waals surface area contributed by atoms with E-state index in [-0.39, 0.29) is 0 Å². The van der Waals surface area contributed by atoms with Gasteiger partial charge in [-0.1, -0.05) is 19.4 Å². The van der Waals surface area contributed by atoms with E-state index in [0.29, 0.717) is 0 Å². The van der Waals surface area contributed by atoms with Crippen molar-refractivity contribution < 1.29 is 4.42 Å². The summed E-state index contributed by atoms with van der Waals surface area (Å²) in [6.45, 7) is 3.09. The van der Waals surface area contributed by atoms with Gasteiger partial charge in [-0.3, -0.25) is 0 Å². The van der Waals surface area contributed by atoms with Crippen molar-refractivity contribution in [2.75, 3.05) is 7.05 Å². The molecule has 102 valence electrons. The second kappa shape index (κ2) is 5.38. The lowest BCUT2D eigenvalue weighted by molar-refractivity contribution is 0.524. The number of rotatable bonds is 6. The fraction of sp³-hybridized carbons (Fsp3) is 0.529. The number of hydrogen-bond donors (Lipinski definition) is 1. The first-order valence-electron chi connectivity index (χ1n) is 7.52. The van der Waals surface area contributed by atoms with Gasteiger partial charge in [-0.15, -0.1) is 0 Å². The Morgan fingerprint density at radius 3 is 2.84 bits per heavy atom. The van der Waals surface area contributed by atoms with Crippen molar-refractivity contribution in [3.05, 3.63) is 35.1 Å². The zero-order valence-corrected chi connectivity index (χ0v) is 12.0. The molecular weight excluding hydrogens is 234 g/mol. The molecule has 1 N–H and O–H groups in total. The lowest BCUT2D eigenvalue weighted by Crippen LogP contribution is -2.05. The minimum atomic E-state index is 0.742. The lowest BCUT2D eigenvalue weighted by Gasteiger charge is -2.02. The van der Waals surface area contributed by atoms with Gasteiger partial charge in [0.05, 0.1) is 6.54 Å². The Labute approximate surface area is 115 Å². The van der Waals surface area contributed by atoms with Crippen LogP contribution in [0.15, 0.2) is 22.6 Å². The Morgan fingerprint density at radius 1 is 1.32 bits per heavy atom. The monoisotopic (exact) mass is 257 g/mol. The summed E-state index contributed by atoms with van der Waals surface area (Å²) < 4.78 is 6.04. The maximum Gasteiger partial charge on any atom is 0.134 e. The maximum atomic E-state index is 6.04. The summed E-state index contributed by atoms with van der Waals surface area (Å²) in [5.41, 5.74) is 3.99. The Balaban J connectivity index is 2.01. The minimum absolute atomic E-state index is 0.742. The number of nitrogens with one attached hydrogen (secondary N) is 1. The highest BCUT2D eigenvalue weighted by molar-refractivity contribution is 5.84. The predicted octanol–water partition coefficient (Wildman–Crippen LogP) is 4.37. The van der Waals surface area contributed by atoms with Crippen LogP contribution >= 0.6 is 0 Å². The summed E-state index contributed by atoms with van der Waals surface area (Å²) in [6, 6.07) is 6.74. The number of furan rings is 1. The molecule has 1 aliphatic carbocycles. The second-order valence-electron chi connectivity index (χ2n) is 5.68. The third kappa shape index (κ3) is 2.55. The van der Waals surface area contributed by atoms with Crippen molar-refractivity contribution in [3.63, 3.8) is 0 Å². The first kappa shape index (κ1) is 12.7. The van der Waals surface area contributed by atoms with E-state index >= 15 is 0 Å². The van der Waals surface area contributed by atoms with Gasteiger partial charge in [0.15, 0.2) is 0 Å². The molecule has 1 fully saturated rings. The molecule has 3 rings (SSSR count). The number of aryl methyl sites for hydroxylation is 1. The van der Waals surface area contributed by atoms with Crippen LogP contribution in [0.2, 0.25) is 0 Å². The van der Waals surface area contributed by atoms with Crippen LogP contribution in [-0.2, 0) is 13.0 Å². The molecule has 1 aliphatic rings. The third-order valence-corrected chi connectivity index (χ3v) is 4.01. The standard InChI is InChI=1S/C17H23NO/c1-3-4-5-12-6-9-15-14(10-12)17(13-7-8-13)16(19-15)11-18-2/h6,9-10,13,18H,3-5,7-8,11H2,1-2H3. The van der Waals surface area contributed by atoms with Gasteiger partial charge >= 0.3 is 0 Å². The van der Waals surface area contributed by atoms with E-state index in [0.717, 1.165) is 23.8 Å². The first-order valence-corrected chi connectivity index (χ1v) is 7.52. The first-order chi connectivity index (χ1) is 9.33. The largest absolute Gasteiger partial charge is 0.459 e. The molecule has 2 heteroatoms. The van der Waals surface area contributed by atoms with Crippen LogP contribution in [0.1, 0.15) is 55.4 Å². The number of unbranched alkanes of at least 4 members (excludes halogenated alkanes) is 1. The topological polar surface area (TPSA) is 25.2 Å². The van der Waals surface area contributed by atoms with Crippen LogP contribution in [0.25, 0.3) is 11.0 Å². The van der Waals surface area contributed by atoms with E-state index < -0.39 is 0 Å². The van der Waals surface area contributed by atoms with Gasteiger partial charge in [0.1, 0.15) is 11.3 Å². The van der Waals surface area contributed by atoms with Crippen molar-refractivity contribution in [2.24, 2.45) is 0 Å². The van der Waals surface area contributed by atoms with Crippen molar-refractivity contribution in [3.8, 4) is 0 Å². The zero-order valence-electron chi connectivity index (χ0n) is 12.0. The van der Waals surface area contributed by atoms with Crippen molar-refractivity contribution in [1.29, 1.82) is 0 Å². The van der Waals surface area contributed by atoms with E-state index in [2.05, 4.69) is 30.4 Å². The van der Waals surface area contributed by atoms with Crippen LogP contribution in [0.5, 0.6) is 0 Å². The normalized spacial score (nSPS) is 15.3. The molecule has 2 nitrogen and oxygen atoms in total. The summed E-state index contributed by atoms with van der Waals surface area (Å²) in [5.74, 6) is 1.89. The molecule has 1 heterocycles. The van der Waals surface area contributed by atoms with Gasteiger partial charge in [0.2, 0.25) is 0 Å². The molecule has 0 unspecified atom stereocenters. The van der Waals surface area contributed by atoms with Gasteiger partial charge < -0.3 is 9.73 Å². The van der Waals surface area contributed by atoms with E-state index in [1.54, 1.807) is 0 Å². The number of hydrogen-bond acceptors (Lipinski definition) is 2. The zero-order chi connectivity index (χ0) is 13.2. The highest BCUT2D eigenvalue weighted by Gasteiger charge is 2.30. The fourth-order valence-electron chi connectivity index (χ4n) is 2.86. The molecule has 1 saturated carbocycles. The van der Waals surface area contributed by atoms with Crippen LogP contribution in [0.3, 0.4) is 0 Å². The quantitative estimate of drug-likeness (QED) is 0.831. The molecule has 19 heavy (non-hydrogen) atoms. The molecule has 0 saturated heterocycles. The molecule has 0 aliphatic heterocycles. The van der Waals surface area contributed by atoms with Crippen LogP contribution < -0.4 is 5.32 Å².